The summed E-state index contributed by atoms with van der Waals surface area (Å²) in [6, 6.07) is 17.7. The van der Waals surface area contributed by atoms with Crippen LogP contribution in [0.15, 0.2) is 70.3 Å². The summed E-state index contributed by atoms with van der Waals surface area (Å²) in [5.74, 6) is -4.11. The Balaban J connectivity index is 0.000000200. The van der Waals surface area contributed by atoms with Gasteiger partial charge in [-0.05, 0) is 24.3 Å². The molecule has 0 saturated heterocycles. The van der Waals surface area contributed by atoms with Crippen molar-refractivity contribution >= 4 is 55.8 Å². The molecule has 0 unspecified atom stereocenters. The minimum Gasteiger partial charge on any atom is -0.542 e. The molecule has 0 aliphatic rings. The van der Waals surface area contributed by atoms with Gasteiger partial charge in [-0.25, -0.2) is 19.9 Å². The summed E-state index contributed by atoms with van der Waals surface area (Å²) in [5, 5.41) is 23.5. The van der Waals surface area contributed by atoms with Crippen molar-refractivity contribution in [3.05, 3.63) is 93.0 Å². The Bertz CT molecular complexity index is 1830. The third kappa shape index (κ3) is 5.80. The van der Waals surface area contributed by atoms with Crippen LogP contribution in [-0.2, 0) is 0 Å². The second-order valence-corrected chi connectivity index (χ2v) is 7.51. The quantitative estimate of drug-likeness (QED) is 0.162. The largest absolute Gasteiger partial charge is 1.00 e. The van der Waals surface area contributed by atoms with Crippen LogP contribution in [0.4, 0.5) is 0 Å². The summed E-state index contributed by atoms with van der Waals surface area (Å²) < 4.78 is 0. The van der Waals surface area contributed by atoms with Gasteiger partial charge in [0.25, 0.3) is 11.1 Å². The van der Waals surface area contributed by atoms with Crippen molar-refractivity contribution in [1.29, 1.82) is 0 Å². The molecule has 0 bridgehead atoms. The fourth-order valence-electron chi connectivity index (χ4n) is 3.53. The summed E-state index contributed by atoms with van der Waals surface area (Å²) in [6.07, 6.45) is 0. The Labute approximate surface area is 255 Å². The number of carboxylic acid groups (broad SMARTS) is 2. The average molecular weight is 526 g/mol. The van der Waals surface area contributed by atoms with Crippen LogP contribution in [0.25, 0.3) is 43.9 Å². The van der Waals surface area contributed by atoms with Crippen molar-refractivity contribution < 1.29 is 78.9 Å². The minimum absolute atomic E-state index is 0. The summed E-state index contributed by atoms with van der Waals surface area (Å²) in [4.78, 5) is 64.9. The third-order valence-electron chi connectivity index (χ3n) is 5.18. The van der Waals surface area contributed by atoms with E-state index >= 15 is 0 Å². The molecule has 0 aliphatic heterocycles. The minimum atomic E-state index is -1.54. The van der Waals surface area contributed by atoms with Crippen molar-refractivity contribution in [2.45, 2.75) is 0 Å². The van der Waals surface area contributed by atoms with Crippen LogP contribution in [0, 0.1) is 0 Å². The maximum absolute atomic E-state index is 11.7. The molecular weight excluding hydrogens is 514 g/mol. The van der Waals surface area contributed by atoms with E-state index in [1.807, 2.05) is 24.3 Å². The van der Waals surface area contributed by atoms with E-state index in [-0.39, 0.29) is 81.2 Å². The zero-order valence-electron chi connectivity index (χ0n) is 20.0. The number of fused-ring (bicyclic) bond motifs is 4. The molecule has 0 spiro atoms. The van der Waals surface area contributed by atoms with E-state index in [2.05, 4.69) is 29.9 Å². The number of carboxylic acids is 2. The number of aromatic amines is 2. The van der Waals surface area contributed by atoms with E-state index in [0.29, 0.717) is 11.0 Å². The molecule has 12 nitrogen and oxygen atoms in total. The molecule has 0 amide bonds. The molecule has 14 heteroatoms. The van der Waals surface area contributed by atoms with Crippen molar-refractivity contribution in [3.63, 3.8) is 0 Å². The maximum Gasteiger partial charge on any atom is 1.00 e. The van der Waals surface area contributed by atoms with Crippen molar-refractivity contribution in [1.82, 2.24) is 29.9 Å². The van der Waals surface area contributed by atoms with Gasteiger partial charge in [0.1, 0.15) is 11.9 Å². The molecule has 38 heavy (non-hydrogen) atoms. The van der Waals surface area contributed by atoms with Crippen molar-refractivity contribution in [2.75, 3.05) is 0 Å². The van der Waals surface area contributed by atoms with Gasteiger partial charge in [0.2, 0.25) is 0 Å². The summed E-state index contributed by atoms with van der Waals surface area (Å²) >= 11 is 0. The van der Waals surface area contributed by atoms with Gasteiger partial charge in [-0.1, -0.05) is 36.4 Å². The number of nitrogens with zero attached hydrogens (tertiary/aromatic N) is 4. The molecule has 2 aromatic carbocycles. The zero-order valence-corrected chi connectivity index (χ0v) is 24.0. The normalized spacial score (nSPS) is 10.3. The summed E-state index contributed by atoms with van der Waals surface area (Å²) in [7, 11) is 0. The van der Waals surface area contributed by atoms with Crippen LogP contribution in [0.1, 0.15) is 21.2 Å². The van der Waals surface area contributed by atoms with Crippen LogP contribution >= 0.6 is 0 Å². The number of hydrogen-bond acceptors (Lipinski definition) is 10. The number of benzene rings is 2. The molecule has 0 atom stereocenters. The number of carbonyl (C=O) groups is 2. The second-order valence-electron chi connectivity index (χ2n) is 7.51. The number of hydrogen-bond donors (Lipinski definition) is 2. The van der Waals surface area contributed by atoms with E-state index in [1.165, 1.54) is 0 Å². The Morgan fingerprint density at radius 2 is 0.974 bits per heavy atom. The third-order valence-corrected chi connectivity index (χ3v) is 5.18. The number of aromatic nitrogens is 6. The molecule has 2 N–H and O–H groups in total. The van der Waals surface area contributed by atoms with E-state index in [9.17, 15) is 29.4 Å². The van der Waals surface area contributed by atoms with Gasteiger partial charge >= 0.3 is 59.1 Å². The first-order valence-electron chi connectivity index (χ1n) is 10.3. The van der Waals surface area contributed by atoms with Crippen molar-refractivity contribution in [2.24, 2.45) is 0 Å². The molecule has 0 radical (unpaired) electrons. The average Bonchev–Trinajstić information content (AvgIpc) is 2.87. The van der Waals surface area contributed by atoms with Gasteiger partial charge in [0.15, 0.2) is 22.9 Å². The predicted molar refractivity (Wildman–Crippen MR) is 124 cm³/mol. The molecular formula is C24H12N6Na2O6. The first kappa shape index (κ1) is 29.0. The Morgan fingerprint density at radius 3 is 1.34 bits per heavy atom. The molecule has 0 aliphatic carbocycles. The molecule has 176 valence electrons. The van der Waals surface area contributed by atoms with Crippen LogP contribution < -0.4 is 80.4 Å². The second kappa shape index (κ2) is 11.9. The Morgan fingerprint density at radius 1 is 0.605 bits per heavy atom. The molecule has 4 aromatic heterocycles. The number of pyridine rings is 2. The molecule has 6 aromatic rings. The number of para-hydroxylation sites is 2. The van der Waals surface area contributed by atoms with Gasteiger partial charge < -0.3 is 29.8 Å². The zero-order chi connectivity index (χ0) is 25.4. The fourth-order valence-corrected chi connectivity index (χ4v) is 3.53. The maximum atomic E-state index is 11.7. The SMILES string of the molecule is O=C([O-])c1nc2nc3ccccc3cc2c(=O)[nH]1.O=C([O-])c1nc2nc3ccccc3cc2c(=O)[nH]1.[Na+].[Na+]. The van der Waals surface area contributed by atoms with Crippen LogP contribution in [0.5, 0.6) is 0 Å². The Kier molecular flexibility index (Phi) is 9.09. The number of carbonyl (C=O) groups excluding carboxylic acids is 2. The molecule has 0 saturated carbocycles. The van der Waals surface area contributed by atoms with Crippen molar-refractivity contribution in [3.8, 4) is 0 Å². The van der Waals surface area contributed by atoms with Crippen LogP contribution in [0.3, 0.4) is 0 Å². The number of H-pyrrole nitrogens is 2. The fraction of sp³-hybridized carbons (Fsp3) is 0. The first-order valence-corrected chi connectivity index (χ1v) is 10.3. The van der Waals surface area contributed by atoms with Crippen LogP contribution in [0.2, 0.25) is 0 Å². The van der Waals surface area contributed by atoms with Crippen LogP contribution in [-0.4, -0.2) is 41.8 Å². The van der Waals surface area contributed by atoms with Gasteiger partial charge in [-0.3, -0.25) is 9.59 Å². The van der Waals surface area contributed by atoms with E-state index in [0.717, 1.165) is 10.8 Å². The topological polar surface area (TPSA) is 198 Å². The number of nitrogens with one attached hydrogen (secondary N) is 2. The molecule has 6 rings (SSSR count). The number of rotatable bonds is 2. The first-order chi connectivity index (χ1) is 17.3. The van der Waals surface area contributed by atoms with E-state index < -0.39 is 34.7 Å². The van der Waals surface area contributed by atoms with Gasteiger partial charge in [0.05, 0.1) is 21.8 Å². The smallest absolute Gasteiger partial charge is 0.542 e. The molecule has 0 fully saturated rings. The van der Waals surface area contributed by atoms with Gasteiger partial charge in [-0.15, -0.1) is 0 Å². The Hall–Kier alpha value is -3.52. The monoisotopic (exact) mass is 526 g/mol. The summed E-state index contributed by atoms with van der Waals surface area (Å²) in [5.41, 5.74) is 0.392. The predicted octanol–water partition coefficient (Wildman–Crippen LogP) is -6.32. The van der Waals surface area contributed by atoms with E-state index in [4.69, 9.17) is 0 Å². The van der Waals surface area contributed by atoms with Gasteiger partial charge in [-0.2, -0.15) is 0 Å². The standard InChI is InChI=1S/2C12H7N3O3.2Na/c2*16-11-7-5-6-3-1-2-4-8(6)13-9(7)14-10(15-11)12(17)18;;/h2*1-5H,(H,17,18)(H,13,14,15,16);;/q;;2*+1/p-2. The molecule has 4 heterocycles. The van der Waals surface area contributed by atoms with Gasteiger partial charge in [0, 0.05) is 10.8 Å². The number of aromatic carboxylic acids is 2. The summed E-state index contributed by atoms with van der Waals surface area (Å²) in [6.45, 7) is 0. The van der Waals surface area contributed by atoms with E-state index in [1.54, 1.807) is 36.4 Å².